The number of nitrogens with one attached hydrogen (secondary N) is 2. The van der Waals surface area contributed by atoms with Crippen LogP contribution in [0.1, 0.15) is 48.1 Å². The lowest BCUT2D eigenvalue weighted by atomic mass is 9.96. The first-order valence-electron chi connectivity index (χ1n) is 13.7. The second-order valence-corrected chi connectivity index (χ2v) is 10.4. The smallest absolute Gasteiger partial charge is 0.296 e. The number of methoxy groups -OCH3 is 2. The van der Waals surface area contributed by atoms with Gasteiger partial charge in [-0.15, -0.1) is 0 Å². The minimum atomic E-state index is -0.406. The van der Waals surface area contributed by atoms with Gasteiger partial charge in [0.25, 0.3) is 5.69 Å². The van der Waals surface area contributed by atoms with Crippen LogP contribution in [-0.2, 0) is 4.79 Å². The summed E-state index contributed by atoms with van der Waals surface area (Å²) in [6, 6.07) is 17.4. The highest BCUT2D eigenvalue weighted by molar-refractivity contribution is 7.80. The Morgan fingerprint density at radius 1 is 1.12 bits per heavy atom. The van der Waals surface area contributed by atoms with E-state index in [4.69, 9.17) is 21.7 Å². The molecule has 222 valence electrons. The number of hydrogen-bond donors (Lipinski definition) is 2. The number of pyridine rings is 1. The molecule has 4 aromatic rings. The Kier molecular flexibility index (Phi) is 8.31. The normalized spacial score (nSPS) is 16.1. The predicted octanol–water partition coefficient (Wildman–Crippen LogP) is 5.94. The average Bonchev–Trinajstić information content (AvgIpc) is 3.51. The summed E-state index contributed by atoms with van der Waals surface area (Å²) in [6.45, 7) is 5.64. The van der Waals surface area contributed by atoms with Gasteiger partial charge in [0.1, 0.15) is 17.2 Å². The summed E-state index contributed by atoms with van der Waals surface area (Å²) in [5.74, 6) is 0.761. The summed E-state index contributed by atoms with van der Waals surface area (Å²) >= 11 is 5.90. The van der Waals surface area contributed by atoms with Gasteiger partial charge in [-0.25, -0.2) is 0 Å². The molecule has 2 atom stereocenters. The fourth-order valence-corrected chi connectivity index (χ4v) is 5.89. The number of aryl methyl sites for hydroxylation is 1. The monoisotopic (exact) mass is 600 g/mol. The zero-order valence-electron chi connectivity index (χ0n) is 24.5. The van der Waals surface area contributed by atoms with Gasteiger partial charge in [-0.2, -0.15) is 0 Å². The number of carbonyl (C=O) groups excluding carboxylic acids is 1. The van der Waals surface area contributed by atoms with E-state index in [0.717, 1.165) is 28.3 Å². The summed E-state index contributed by atoms with van der Waals surface area (Å²) in [5, 5.41) is 18.9. The Morgan fingerprint density at radius 3 is 2.56 bits per heavy atom. The minimum absolute atomic E-state index is 0.0691. The second kappa shape index (κ2) is 12.1. The standard InChI is InChI=1S/C31H32N6O5S/c1-6-28(38)33-23-12-10-20(16-27(23)42-5)36-30(29(34-31(36)43)24-9-7-8-14-32-24)22-15-18(2)35(19(22)3)25-13-11-21(41-4)17-26(25)37(39)40/h7-17,29-30H,6H2,1-5H3,(H,33,38)(H,34,43)/t29-,30-/m0/s1. The maximum absolute atomic E-state index is 12.1. The van der Waals surface area contributed by atoms with E-state index in [1.807, 2.05) is 59.7 Å². The molecule has 0 radical (unpaired) electrons. The number of nitro benzene ring substituents is 1. The molecule has 1 fully saturated rings. The maximum Gasteiger partial charge on any atom is 0.296 e. The highest BCUT2D eigenvalue weighted by atomic mass is 32.1. The van der Waals surface area contributed by atoms with Crippen molar-refractivity contribution in [3.05, 3.63) is 99.6 Å². The van der Waals surface area contributed by atoms with E-state index in [0.29, 0.717) is 34.4 Å². The SMILES string of the molecule is CCC(=O)Nc1ccc(N2C(=S)N[C@@H](c3ccccn3)[C@@H]2c2cc(C)n(-c3ccc(OC)cc3[N+](=O)[O-])c2C)cc1OC. The third-order valence-corrected chi connectivity index (χ3v) is 7.88. The first-order chi connectivity index (χ1) is 20.7. The molecule has 5 rings (SSSR count). The summed E-state index contributed by atoms with van der Waals surface area (Å²) in [6.07, 6.45) is 2.07. The van der Waals surface area contributed by atoms with E-state index in [9.17, 15) is 14.9 Å². The largest absolute Gasteiger partial charge is 0.496 e. The number of amides is 1. The number of nitrogens with zero attached hydrogens (tertiary/aromatic N) is 4. The average molecular weight is 601 g/mol. The molecule has 1 aliphatic rings. The van der Waals surface area contributed by atoms with Gasteiger partial charge in [-0.1, -0.05) is 13.0 Å². The molecule has 2 N–H and O–H groups in total. The summed E-state index contributed by atoms with van der Waals surface area (Å²) < 4.78 is 12.8. The Hall–Kier alpha value is -4.97. The zero-order valence-corrected chi connectivity index (χ0v) is 25.3. The summed E-state index contributed by atoms with van der Waals surface area (Å²) in [7, 11) is 3.02. The number of hydrogen-bond acceptors (Lipinski definition) is 7. The third-order valence-electron chi connectivity index (χ3n) is 7.57. The number of thiocarbonyl (C=S) groups is 1. The molecular weight excluding hydrogens is 568 g/mol. The van der Waals surface area contributed by atoms with Crippen molar-refractivity contribution >= 4 is 40.3 Å². The number of aromatic nitrogens is 2. The molecule has 0 spiro atoms. The fourth-order valence-electron chi connectivity index (χ4n) is 5.54. The van der Waals surface area contributed by atoms with Crippen LogP contribution in [0.15, 0.2) is 66.9 Å². The predicted molar refractivity (Wildman–Crippen MR) is 168 cm³/mol. The van der Waals surface area contributed by atoms with Crippen molar-refractivity contribution in [1.29, 1.82) is 0 Å². The molecule has 3 heterocycles. The Balaban J connectivity index is 1.68. The number of benzene rings is 2. The lowest BCUT2D eigenvalue weighted by Crippen LogP contribution is -2.29. The maximum atomic E-state index is 12.1. The van der Waals surface area contributed by atoms with E-state index in [2.05, 4.69) is 15.6 Å². The molecule has 1 aliphatic heterocycles. The van der Waals surface area contributed by atoms with Crippen molar-refractivity contribution in [2.75, 3.05) is 24.4 Å². The van der Waals surface area contributed by atoms with Crippen LogP contribution in [0.2, 0.25) is 0 Å². The van der Waals surface area contributed by atoms with Crippen LogP contribution in [0, 0.1) is 24.0 Å². The van der Waals surface area contributed by atoms with E-state index < -0.39 is 4.92 Å². The van der Waals surface area contributed by atoms with Gasteiger partial charge in [-0.3, -0.25) is 19.9 Å². The first-order valence-corrected chi connectivity index (χ1v) is 14.1. The molecule has 12 heteroatoms. The van der Waals surface area contributed by atoms with Crippen LogP contribution in [0.25, 0.3) is 5.69 Å². The van der Waals surface area contributed by atoms with Gasteiger partial charge >= 0.3 is 0 Å². The number of ether oxygens (including phenoxy) is 2. The Labute approximate surface area is 254 Å². The lowest BCUT2D eigenvalue weighted by molar-refractivity contribution is -0.384. The number of rotatable bonds is 9. The molecule has 2 aromatic heterocycles. The lowest BCUT2D eigenvalue weighted by Gasteiger charge is -2.29. The number of anilines is 2. The highest BCUT2D eigenvalue weighted by Crippen LogP contribution is 2.45. The van der Waals surface area contributed by atoms with E-state index in [-0.39, 0.29) is 23.7 Å². The zero-order chi connectivity index (χ0) is 30.8. The molecule has 0 bridgehead atoms. The van der Waals surface area contributed by atoms with Crippen molar-refractivity contribution in [2.45, 2.75) is 39.3 Å². The molecular formula is C31H32N6O5S. The van der Waals surface area contributed by atoms with Crippen molar-refractivity contribution < 1.29 is 19.2 Å². The van der Waals surface area contributed by atoms with Gasteiger partial charge in [0.05, 0.1) is 48.7 Å². The van der Waals surface area contributed by atoms with Gasteiger partial charge in [0.15, 0.2) is 5.11 Å². The van der Waals surface area contributed by atoms with Crippen LogP contribution in [-0.4, -0.2) is 39.7 Å². The Morgan fingerprint density at radius 2 is 1.91 bits per heavy atom. The van der Waals surface area contributed by atoms with Crippen LogP contribution < -0.4 is 25.0 Å². The van der Waals surface area contributed by atoms with E-state index in [1.165, 1.54) is 13.2 Å². The molecule has 43 heavy (non-hydrogen) atoms. The van der Waals surface area contributed by atoms with Crippen LogP contribution in [0.4, 0.5) is 17.1 Å². The van der Waals surface area contributed by atoms with Gasteiger partial charge in [-0.05, 0) is 74.1 Å². The van der Waals surface area contributed by atoms with Gasteiger partial charge in [0, 0.05) is 35.8 Å². The van der Waals surface area contributed by atoms with Crippen molar-refractivity contribution in [3.8, 4) is 17.2 Å². The molecule has 11 nitrogen and oxygen atoms in total. The first kappa shape index (κ1) is 29.5. The van der Waals surface area contributed by atoms with Gasteiger partial charge < -0.3 is 29.6 Å². The van der Waals surface area contributed by atoms with Crippen LogP contribution in [0.3, 0.4) is 0 Å². The quantitative estimate of drug-likeness (QED) is 0.136. The number of carbonyl (C=O) groups is 1. The van der Waals surface area contributed by atoms with Gasteiger partial charge in [0.2, 0.25) is 5.91 Å². The third kappa shape index (κ3) is 5.48. The molecule has 2 aromatic carbocycles. The van der Waals surface area contributed by atoms with Crippen molar-refractivity contribution in [2.24, 2.45) is 0 Å². The second-order valence-electron chi connectivity index (χ2n) is 10.1. The highest BCUT2D eigenvalue weighted by Gasteiger charge is 2.42. The topological polar surface area (TPSA) is 124 Å². The molecule has 0 unspecified atom stereocenters. The van der Waals surface area contributed by atoms with Crippen LogP contribution in [0.5, 0.6) is 11.5 Å². The van der Waals surface area contributed by atoms with E-state index in [1.54, 1.807) is 38.4 Å². The summed E-state index contributed by atoms with van der Waals surface area (Å²) in [5.41, 5.74) is 4.98. The molecule has 1 amide bonds. The number of nitro groups is 1. The van der Waals surface area contributed by atoms with Crippen molar-refractivity contribution in [1.82, 2.24) is 14.9 Å². The van der Waals surface area contributed by atoms with Crippen molar-refractivity contribution in [3.63, 3.8) is 0 Å². The minimum Gasteiger partial charge on any atom is -0.496 e. The molecule has 0 saturated carbocycles. The van der Waals surface area contributed by atoms with E-state index >= 15 is 0 Å². The molecule has 1 saturated heterocycles. The fraction of sp³-hybridized carbons (Fsp3) is 0.258. The molecule has 0 aliphatic carbocycles. The Bertz CT molecular complexity index is 1710. The summed E-state index contributed by atoms with van der Waals surface area (Å²) in [4.78, 5) is 30.4. The van der Waals surface area contributed by atoms with Crippen LogP contribution >= 0.6 is 12.2 Å².